The maximum Gasteiger partial charge on any atom is 0.247 e. The summed E-state index contributed by atoms with van der Waals surface area (Å²) in [5.41, 5.74) is -0.134. The smallest absolute Gasteiger partial charge is 0.247 e. The Kier molecular flexibility index (Phi) is 5.41. The Labute approximate surface area is 179 Å². The molecule has 1 aliphatic heterocycles. The van der Waals surface area contributed by atoms with Crippen molar-refractivity contribution in [3.8, 4) is 5.13 Å². The molecule has 0 unspecified atom stereocenters. The number of nitrogens with zero attached hydrogens (tertiary/aromatic N) is 5. The highest BCUT2D eigenvalue weighted by Crippen LogP contribution is 2.29. The van der Waals surface area contributed by atoms with Gasteiger partial charge in [0.1, 0.15) is 10.7 Å². The molecule has 3 aromatic rings. The van der Waals surface area contributed by atoms with Gasteiger partial charge in [-0.05, 0) is 30.4 Å². The molecule has 0 N–H and O–H groups in total. The number of hydrogen-bond acceptors (Lipinski definition) is 7. The molecule has 30 heavy (non-hydrogen) atoms. The van der Waals surface area contributed by atoms with Crippen molar-refractivity contribution in [3.05, 3.63) is 40.1 Å². The zero-order chi connectivity index (χ0) is 21.6. The third kappa shape index (κ3) is 3.52. The van der Waals surface area contributed by atoms with Crippen molar-refractivity contribution in [2.24, 2.45) is 11.8 Å². The average molecular weight is 448 g/mol. The van der Waals surface area contributed by atoms with E-state index in [2.05, 4.69) is 23.7 Å². The quantitative estimate of drug-likeness (QED) is 0.597. The fraction of sp³-hybridized carbons (Fsp3) is 0.450. The largest absolute Gasteiger partial charge is 0.356 e. The Morgan fingerprint density at radius 2 is 2.03 bits per heavy atom. The minimum absolute atomic E-state index is 0.261. The van der Waals surface area contributed by atoms with Gasteiger partial charge in [0.15, 0.2) is 10.8 Å². The predicted octanol–water partition coefficient (Wildman–Crippen LogP) is 2.57. The van der Waals surface area contributed by atoms with Crippen LogP contribution in [0.1, 0.15) is 20.3 Å². The highest BCUT2D eigenvalue weighted by molar-refractivity contribution is 7.89. The molecule has 4 rings (SSSR count). The van der Waals surface area contributed by atoms with E-state index in [1.54, 1.807) is 22.2 Å². The Bertz CT molecular complexity index is 1230. The first-order chi connectivity index (χ1) is 14.2. The average Bonchev–Trinajstić information content (AvgIpc) is 3.40. The summed E-state index contributed by atoms with van der Waals surface area (Å²) in [5, 5.41) is 2.62. The lowest BCUT2D eigenvalue weighted by molar-refractivity contribution is 0.422. The van der Waals surface area contributed by atoms with E-state index < -0.39 is 15.5 Å². The van der Waals surface area contributed by atoms with Gasteiger partial charge in [0.05, 0.1) is 5.39 Å². The summed E-state index contributed by atoms with van der Waals surface area (Å²) < 4.78 is 28.2. The lowest BCUT2D eigenvalue weighted by Crippen LogP contribution is -2.29. The lowest BCUT2D eigenvalue weighted by Gasteiger charge is -2.20. The summed E-state index contributed by atoms with van der Waals surface area (Å²) in [7, 11) is -1.10. The Balaban J connectivity index is 1.92. The van der Waals surface area contributed by atoms with E-state index in [1.807, 2.05) is 6.07 Å². The second-order valence-electron chi connectivity index (χ2n) is 8.07. The number of rotatable bonds is 5. The number of aromatic nitrogens is 3. The zero-order valence-corrected chi connectivity index (χ0v) is 19.1. The number of sulfonamides is 1. The molecular weight excluding hydrogens is 422 g/mol. The maximum absolute atomic E-state index is 13.1. The van der Waals surface area contributed by atoms with Crippen molar-refractivity contribution in [3.63, 3.8) is 0 Å². The molecule has 1 aliphatic rings. The van der Waals surface area contributed by atoms with E-state index in [1.165, 1.54) is 31.6 Å². The summed E-state index contributed by atoms with van der Waals surface area (Å²) in [6.45, 7) is 6.30. The van der Waals surface area contributed by atoms with Crippen molar-refractivity contribution in [1.29, 1.82) is 0 Å². The predicted molar refractivity (Wildman–Crippen MR) is 119 cm³/mol. The van der Waals surface area contributed by atoms with Crippen LogP contribution < -0.4 is 10.3 Å². The molecule has 0 aromatic carbocycles. The van der Waals surface area contributed by atoms with Crippen molar-refractivity contribution >= 4 is 38.2 Å². The first kappa shape index (κ1) is 21.0. The minimum Gasteiger partial charge on any atom is -0.356 e. The molecule has 0 bridgehead atoms. The second kappa shape index (κ2) is 7.75. The molecule has 0 radical (unpaired) electrons. The van der Waals surface area contributed by atoms with Crippen molar-refractivity contribution in [1.82, 2.24) is 18.8 Å². The Morgan fingerprint density at radius 3 is 2.63 bits per heavy atom. The van der Waals surface area contributed by atoms with Crippen LogP contribution >= 0.6 is 11.3 Å². The molecule has 160 valence electrons. The highest BCUT2D eigenvalue weighted by atomic mass is 32.2. The number of fused-ring (bicyclic) bond motifs is 1. The third-order valence-electron chi connectivity index (χ3n) is 5.68. The second-order valence-corrected chi connectivity index (χ2v) is 11.1. The van der Waals surface area contributed by atoms with Crippen LogP contribution in [-0.4, -0.2) is 54.4 Å². The van der Waals surface area contributed by atoms with E-state index in [9.17, 15) is 13.2 Å². The summed E-state index contributed by atoms with van der Waals surface area (Å²) >= 11 is 1.35. The summed E-state index contributed by atoms with van der Waals surface area (Å²) in [6.07, 6.45) is 4.09. The molecule has 4 heterocycles. The molecule has 0 saturated carbocycles. The van der Waals surface area contributed by atoms with Crippen LogP contribution in [0, 0.1) is 11.8 Å². The lowest BCUT2D eigenvalue weighted by atomic mass is 9.95. The Hall–Kier alpha value is -2.30. The summed E-state index contributed by atoms with van der Waals surface area (Å²) in [5.74, 6) is 2.00. The topological polar surface area (TPSA) is 88.4 Å². The number of thiazole rings is 1. The van der Waals surface area contributed by atoms with Crippen molar-refractivity contribution < 1.29 is 8.42 Å². The number of anilines is 1. The normalized spacial score (nSPS) is 17.5. The van der Waals surface area contributed by atoms with Gasteiger partial charge in [-0.25, -0.2) is 22.7 Å². The zero-order valence-electron chi connectivity index (χ0n) is 17.4. The van der Waals surface area contributed by atoms with Gasteiger partial charge in [-0.15, -0.1) is 11.3 Å². The molecule has 1 saturated heterocycles. The van der Waals surface area contributed by atoms with Crippen molar-refractivity contribution in [2.45, 2.75) is 25.2 Å². The fourth-order valence-corrected chi connectivity index (χ4v) is 5.34. The molecule has 8 nitrogen and oxygen atoms in total. The van der Waals surface area contributed by atoms with Crippen LogP contribution in [-0.2, 0) is 10.0 Å². The number of hydrogen-bond donors (Lipinski definition) is 0. The highest BCUT2D eigenvalue weighted by Gasteiger charge is 2.28. The van der Waals surface area contributed by atoms with Crippen LogP contribution in [0.2, 0.25) is 0 Å². The maximum atomic E-state index is 13.1. The molecular formula is C20H25N5O3S2. The molecule has 0 aliphatic carbocycles. The van der Waals surface area contributed by atoms with E-state index in [0.29, 0.717) is 22.6 Å². The van der Waals surface area contributed by atoms with Crippen molar-refractivity contribution in [2.75, 3.05) is 32.1 Å². The van der Waals surface area contributed by atoms with E-state index in [0.717, 1.165) is 29.6 Å². The van der Waals surface area contributed by atoms with Gasteiger partial charge in [-0.2, -0.15) is 0 Å². The van der Waals surface area contributed by atoms with E-state index in [-0.39, 0.29) is 10.3 Å². The van der Waals surface area contributed by atoms with Crippen LogP contribution in [0.3, 0.4) is 0 Å². The third-order valence-corrected chi connectivity index (χ3v) is 8.26. The number of pyridine rings is 2. The van der Waals surface area contributed by atoms with Gasteiger partial charge in [-0.3, -0.25) is 9.36 Å². The van der Waals surface area contributed by atoms with Gasteiger partial charge in [-0.1, -0.05) is 13.8 Å². The van der Waals surface area contributed by atoms with Gasteiger partial charge < -0.3 is 4.90 Å². The first-order valence-electron chi connectivity index (χ1n) is 9.84. The van der Waals surface area contributed by atoms with Gasteiger partial charge in [0.25, 0.3) is 0 Å². The molecule has 1 atom stereocenters. The van der Waals surface area contributed by atoms with E-state index >= 15 is 0 Å². The molecule has 1 fully saturated rings. The molecule has 3 aromatic heterocycles. The first-order valence-corrected chi connectivity index (χ1v) is 12.2. The Morgan fingerprint density at radius 1 is 1.27 bits per heavy atom. The monoisotopic (exact) mass is 447 g/mol. The van der Waals surface area contributed by atoms with Gasteiger partial charge >= 0.3 is 0 Å². The summed E-state index contributed by atoms with van der Waals surface area (Å²) in [4.78, 5) is 24.1. The van der Waals surface area contributed by atoms with Crippen LogP contribution in [0.4, 0.5) is 5.82 Å². The van der Waals surface area contributed by atoms with Crippen LogP contribution in [0.5, 0.6) is 0 Å². The standard InChI is InChI=1S/C20H25N5O3S2/c1-13(2)14-7-9-24(11-14)17-6-5-15-18(26)16(30(27,28)23(3)4)12-25(19(15)22-17)20-21-8-10-29-20/h5-6,8,10,12-14H,7,9,11H2,1-4H3/t14-/m1/s1. The van der Waals surface area contributed by atoms with Crippen LogP contribution in [0.25, 0.3) is 16.2 Å². The molecule has 10 heteroatoms. The minimum atomic E-state index is -3.92. The molecule has 0 amide bonds. The SMILES string of the molecule is CC(C)[C@@H]1CCN(c2ccc3c(=O)c(S(=O)(=O)N(C)C)cn(-c4nccs4)c3n2)C1. The molecule has 0 spiro atoms. The van der Waals surface area contributed by atoms with Crippen LogP contribution in [0.15, 0.2) is 39.6 Å². The van der Waals surface area contributed by atoms with Gasteiger partial charge in [0.2, 0.25) is 15.5 Å². The summed E-state index contributed by atoms with van der Waals surface area (Å²) in [6, 6.07) is 3.49. The fourth-order valence-electron chi connectivity index (χ4n) is 3.75. The van der Waals surface area contributed by atoms with E-state index in [4.69, 9.17) is 4.98 Å². The van der Waals surface area contributed by atoms with Gasteiger partial charge in [0, 0.05) is 45.0 Å².